The molecule has 8 rings (SSSR count). The molecule has 0 amide bonds. The highest BCUT2D eigenvalue weighted by Crippen LogP contribution is 2.60. The molecule has 0 saturated heterocycles. The third-order valence-corrected chi connectivity index (χ3v) is 11.3. The zero-order valence-electron chi connectivity index (χ0n) is 21.1. The van der Waals surface area contributed by atoms with E-state index in [4.69, 9.17) is 0 Å². The molecule has 4 fully saturated rings. The van der Waals surface area contributed by atoms with Crippen molar-refractivity contribution < 1.29 is 8.42 Å². The van der Waals surface area contributed by atoms with Crippen LogP contribution in [-0.4, -0.2) is 35.8 Å². The van der Waals surface area contributed by atoms with Gasteiger partial charge in [0.1, 0.15) is 12.1 Å². The average Bonchev–Trinajstić information content (AvgIpc) is 2.91. The van der Waals surface area contributed by atoms with Crippen LogP contribution >= 0.6 is 0 Å². The number of aromatic nitrogens is 2. The van der Waals surface area contributed by atoms with Crippen molar-refractivity contribution >= 4 is 15.8 Å². The molecule has 192 valence electrons. The van der Waals surface area contributed by atoms with Crippen LogP contribution in [0.5, 0.6) is 0 Å². The van der Waals surface area contributed by atoms with E-state index in [2.05, 4.69) is 15.3 Å². The number of anilines is 1. The van der Waals surface area contributed by atoms with Crippen LogP contribution in [0.1, 0.15) is 49.8 Å². The van der Waals surface area contributed by atoms with Gasteiger partial charge in [0.05, 0.1) is 17.1 Å². The molecule has 0 atom stereocenters. The standard InChI is InChI=1S/C30H34N4O2S/c35-37(36,28-9-5-4-8-25(28)24-6-2-1-3-7-24)34-11-10-26-27(18-34)32-20-33-29(26)31-19-30-15-21-12-22(16-30)14-23(13-21)17-30/h1-9,20-23H,10-19H2,(H,31,32,33). The molecule has 37 heavy (non-hydrogen) atoms. The Morgan fingerprint density at radius 2 is 1.57 bits per heavy atom. The SMILES string of the molecule is O=S(=O)(c1ccccc1-c1ccccc1)N1CCc2c(ncnc2NCC23CC4CC(CC(C4)C2)C3)C1. The fraction of sp³-hybridized carbons (Fsp3) is 0.467. The molecule has 2 heterocycles. The average molecular weight is 515 g/mol. The fourth-order valence-corrected chi connectivity index (χ4v) is 9.77. The number of rotatable bonds is 6. The summed E-state index contributed by atoms with van der Waals surface area (Å²) in [6.07, 6.45) is 10.6. The van der Waals surface area contributed by atoms with E-state index < -0.39 is 10.0 Å². The Morgan fingerprint density at radius 1 is 0.892 bits per heavy atom. The van der Waals surface area contributed by atoms with Crippen molar-refractivity contribution in [2.24, 2.45) is 23.2 Å². The van der Waals surface area contributed by atoms with Crippen LogP contribution in [0, 0.1) is 23.2 Å². The van der Waals surface area contributed by atoms with Crippen LogP contribution in [0.15, 0.2) is 65.8 Å². The summed E-state index contributed by atoms with van der Waals surface area (Å²) in [4.78, 5) is 9.50. The number of hydrogen-bond donors (Lipinski definition) is 1. The molecule has 6 nitrogen and oxygen atoms in total. The molecule has 4 bridgehead atoms. The van der Waals surface area contributed by atoms with Gasteiger partial charge in [0, 0.05) is 24.2 Å². The lowest BCUT2D eigenvalue weighted by Gasteiger charge is -2.57. The highest BCUT2D eigenvalue weighted by Gasteiger charge is 2.50. The largest absolute Gasteiger partial charge is 0.369 e. The van der Waals surface area contributed by atoms with Gasteiger partial charge in [-0.1, -0.05) is 48.5 Å². The van der Waals surface area contributed by atoms with Crippen LogP contribution in [0.3, 0.4) is 0 Å². The molecule has 1 N–H and O–H groups in total. The summed E-state index contributed by atoms with van der Waals surface area (Å²) in [6.45, 7) is 1.68. The van der Waals surface area contributed by atoms with Gasteiger partial charge >= 0.3 is 0 Å². The summed E-state index contributed by atoms with van der Waals surface area (Å²) in [5, 5.41) is 3.73. The second-order valence-corrected chi connectivity index (χ2v) is 13.8. The quantitative estimate of drug-likeness (QED) is 0.469. The van der Waals surface area contributed by atoms with E-state index >= 15 is 0 Å². The van der Waals surface area contributed by atoms with Crippen LogP contribution in [0.25, 0.3) is 11.1 Å². The van der Waals surface area contributed by atoms with Crippen LogP contribution in [0.4, 0.5) is 5.82 Å². The molecule has 1 aliphatic heterocycles. The van der Waals surface area contributed by atoms with E-state index in [0.717, 1.165) is 52.5 Å². The number of sulfonamides is 1. The maximum atomic E-state index is 13.8. The van der Waals surface area contributed by atoms with Gasteiger partial charge < -0.3 is 5.32 Å². The summed E-state index contributed by atoms with van der Waals surface area (Å²) in [5.74, 6) is 3.67. The lowest BCUT2D eigenvalue weighted by atomic mass is 9.49. The lowest BCUT2D eigenvalue weighted by Crippen LogP contribution is -2.49. The fourth-order valence-electron chi connectivity index (χ4n) is 8.15. The Balaban J connectivity index is 1.12. The summed E-state index contributed by atoms with van der Waals surface area (Å²) < 4.78 is 29.2. The van der Waals surface area contributed by atoms with E-state index in [-0.39, 0.29) is 6.54 Å². The first-order valence-electron chi connectivity index (χ1n) is 13.7. The molecule has 1 aromatic heterocycles. The minimum Gasteiger partial charge on any atom is -0.369 e. The van der Waals surface area contributed by atoms with Gasteiger partial charge in [0.15, 0.2) is 0 Å². The summed E-state index contributed by atoms with van der Waals surface area (Å²) >= 11 is 0. The summed E-state index contributed by atoms with van der Waals surface area (Å²) in [6, 6.07) is 17.0. The molecule has 0 spiro atoms. The van der Waals surface area contributed by atoms with E-state index in [1.54, 1.807) is 22.8 Å². The Morgan fingerprint density at radius 3 is 2.30 bits per heavy atom. The number of benzene rings is 2. The van der Waals surface area contributed by atoms with Gasteiger partial charge in [-0.25, -0.2) is 18.4 Å². The monoisotopic (exact) mass is 514 g/mol. The smallest absolute Gasteiger partial charge is 0.244 e. The van der Waals surface area contributed by atoms with Crippen molar-refractivity contribution in [2.45, 2.75) is 56.4 Å². The van der Waals surface area contributed by atoms with Crippen molar-refractivity contribution in [1.82, 2.24) is 14.3 Å². The molecule has 4 aliphatic carbocycles. The van der Waals surface area contributed by atoms with Crippen molar-refractivity contribution in [3.63, 3.8) is 0 Å². The summed E-state index contributed by atoms with van der Waals surface area (Å²) in [5.41, 5.74) is 3.94. The molecular formula is C30H34N4O2S. The number of nitrogens with one attached hydrogen (secondary N) is 1. The zero-order chi connectivity index (χ0) is 25.0. The molecule has 0 radical (unpaired) electrons. The van der Waals surface area contributed by atoms with Gasteiger partial charge in [-0.15, -0.1) is 0 Å². The predicted octanol–water partition coefficient (Wildman–Crippen LogP) is 5.52. The minimum atomic E-state index is -3.69. The van der Waals surface area contributed by atoms with Crippen molar-refractivity contribution in [1.29, 1.82) is 0 Å². The third kappa shape index (κ3) is 4.16. The highest BCUT2D eigenvalue weighted by atomic mass is 32.2. The van der Waals surface area contributed by atoms with Gasteiger partial charge in [-0.2, -0.15) is 4.31 Å². The molecule has 2 aromatic carbocycles. The van der Waals surface area contributed by atoms with Crippen LogP contribution < -0.4 is 5.32 Å². The molecule has 3 aromatic rings. The minimum absolute atomic E-state index is 0.273. The van der Waals surface area contributed by atoms with Gasteiger partial charge in [-0.3, -0.25) is 0 Å². The van der Waals surface area contributed by atoms with Gasteiger partial charge in [-0.05, 0) is 79.7 Å². The zero-order valence-corrected chi connectivity index (χ0v) is 22.0. The molecule has 4 saturated carbocycles. The third-order valence-electron chi connectivity index (χ3n) is 9.36. The first-order valence-corrected chi connectivity index (χ1v) is 15.1. The highest BCUT2D eigenvalue weighted by molar-refractivity contribution is 7.89. The maximum absolute atomic E-state index is 13.8. The second-order valence-electron chi connectivity index (χ2n) is 11.9. The Labute approximate surface area is 219 Å². The second kappa shape index (κ2) is 8.91. The van der Waals surface area contributed by atoms with Crippen molar-refractivity contribution in [3.8, 4) is 11.1 Å². The van der Waals surface area contributed by atoms with Gasteiger partial charge in [0.25, 0.3) is 0 Å². The van der Waals surface area contributed by atoms with Crippen molar-refractivity contribution in [2.75, 3.05) is 18.4 Å². The maximum Gasteiger partial charge on any atom is 0.244 e. The lowest BCUT2D eigenvalue weighted by molar-refractivity contribution is -0.0444. The molecule has 5 aliphatic rings. The molecule has 7 heteroatoms. The van der Waals surface area contributed by atoms with Gasteiger partial charge in [0.2, 0.25) is 10.0 Å². The summed E-state index contributed by atoms with van der Waals surface area (Å²) in [7, 11) is -3.69. The normalized spacial score (nSPS) is 28.7. The number of nitrogens with zero attached hydrogens (tertiary/aromatic N) is 3. The number of fused-ring (bicyclic) bond motifs is 1. The van der Waals surface area contributed by atoms with E-state index in [0.29, 0.717) is 23.3 Å². The van der Waals surface area contributed by atoms with E-state index in [1.165, 1.54) is 38.5 Å². The van der Waals surface area contributed by atoms with E-state index in [9.17, 15) is 8.42 Å². The first kappa shape index (κ1) is 23.4. The van der Waals surface area contributed by atoms with E-state index in [1.807, 2.05) is 42.5 Å². The van der Waals surface area contributed by atoms with Crippen molar-refractivity contribution in [3.05, 3.63) is 72.2 Å². The predicted molar refractivity (Wildman–Crippen MR) is 144 cm³/mol. The molecule has 0 unspecified atom stereocenters. The van der Waals surface area contributed by atoms with Crippen LogP contribution in [-0.2, 0) is 23.0 Å². The molecular weight excluding hydrogens is 480 g/mol. The Kier molecular flexibility index (Phi) is 5.63. The first-order chi connectivity index (χ1) is 18.0. The topological polar surface area (TPSA) is 75.2 Å². The van der Waals surface area contributed by atoms with Crippen LogP contribution in [0.2, 0.25) is 0 Å². The number of hydrogen-bond acceptors (Lipinski definition) is 5. The Bertz CT molecular complexity index is 1390. The Hall–Kier alpha value is -2.77.